The van der Waals surface area contributed by atoms with Crippen LogP contribution in [-0.2, 0) is 16.0 Å². The van der Waals surface area contributed by atoms with Crippen molar-refractivity contribution in [1.82, 2.24) is 9.88 Å². The van der Waals surface area contributed by atoms with Gasteiger partial charge in [-0.25, -0.2) is 4.98 Å². The van der Waals surface area contributed by atoms with Gasteiger partial charge in [0, 0.05) is 31.3 Å². The molecule has 1 amide bonds. The number of aromatic nitrogens is 1. The summed E-state index contributed by atoms with van der Waals surface area (Å²) in [5, 5.41) is 11.5. The van der Waals surface area contributed by atoms with Crippen LogP contribution in [0, 0.1) is 0 Å². The summed E-state index contributed by atoms with van der Waals surface area (Å²) in [6.45, 7) is 3.14. The lowest BCUT2D eigenvalue weighted by Gasteiger charge is -2.30. The molecule has 6 heteroatoms. The van der Waals surface area contributed by atoms with Crippen molar-refractivity contribution in [2.24, 2.45) is 0 Å². The zero-order chi connectivity index (χ0) is 13.1. The maximum atomic E-state index is 11.2. The van der Waals surface area contributed by atoms with E-state index < -0.39 is 5.97 Å². The molecule has 0 radical (unpaired) electrons. The highest BCUT2D eigenvalue weighted by molar-refractivity contribution is 7.09. The van der Waals surface area contributed by atoms with Gasteiger partial charge in [-0.15, -0.1) is 11.3 Å². The molecule has 1 aromatic rings. The molecule has 1 saturated heterocycles. The van der Waals surface area contributed by atoms with E-state index in [1.54, 1.807) is 6.92 Å². The molecule has 1 aromatic heterocycles. The lowest BCUT2D eigenvalue weighted by Crippen LogP contribution is -2.36. The fourth-order valence-electron chi connectivity index (χ4n) is 2.19. The zero-order valence-corrected chi connectivity index (χ0v) is 11.1. The minimum atomic E-state index is -0.849. The maximum absolute atomic E-state index is 11.2. The van der Waals surface area contributed by atoms with Gasteiger partial charge < -0.3 is 10.0 Å². The van der Waals surface area contributed by atoms with E-state index in [0.717, 1.165) is 30.9 Å². The second-order valence-corrected chi connectivity index (χ2v) is 5.42. The number of hydrogen-bond acceptors (Lipinski definition) is 4. The van der Waals surface area contributed by atoms with Crippen LogP contribution >= 0.6 is 11.3 Å². The van der Waals surface area contributed by atoms with Gasteiger partial charge in [0.1, 0.15) is 0 Å². The van der Waals surface area contributed by atoms with Gasteiger partial charge in [-0.05, 0) is 12.8 Å². The Kier molecular flexibility index (Phi) is 3.96. The highest BCUT2D eigenvalue weighted by atomic mass is 32.1. The van der Waals surface area contributed by atoms with Gasteiger partial charge in [0.25, 0.3) is 0 Å². The first-order valence-electron chi connectivity index (χ1n) is 5.98. The highest BCUT2D eigenvalue weighted by Gasteiger charge is 2.24. The smallest absolute Gasteiger partial charge is 0.309 e. The van der Waals surface area contributed by atoms with Crippen LogP contribution in [0.2, 0.25) is 0 Å². The summed E-state index contributed by atoms with van der Waals surface area (Å²) in [4.78, 5) is 28.0. The van der Waals surface area contributed by atoms with E-state index in [1.807, 2.05) is 10.3 Å². The first kappa shape index (κ1) is 13.0. The molecular weight excluding hydrogens is 252 g/mol. The summed E-state index contributed by atoms with van der Waals surface area (Å²) in [5.41, 5.74) is 0.636. The minimum Gasteiger partial charge on any atom is -0.481 e. The minimum absolute atomic E-state index is 0.0111. The van der Waals surface area contributed by atoms with E-state index in [0.29, 0.717) is 11.6 Å². The number of aliphatic carboxylic acids is 1. The van der Waals surface area contributed by atoms with Gasteiger partial charge in [0.15, 0.2) is 0 Å². The lowest BCUT2D eigenvalue weighted by molar-refractivity contribution is -0.136. The van der Waals surface area contributed by atoms with E-state index >= 15 is 0 Å². The van der Waals surface area contributed by atoms with Gasteiger partial charge >= 0.3 is 5.97 Å². The number of thiazole rings is 1. The Balaban J connectivity index is 1.95. The van der Waals surface area contributed by atoms with Crippen LogP contribution in [0.25, 0.3) is 0 Å². The molecule has 5 nitrogen and oxygen atoms in total. The first-order chi connectivity index (χ1) is 8.56. The molecule has 1 aliphatic heterocycles. The van der Waals surface area contributed by atoms with Crippen molar-refractivity contribution in [2.45, 2.75) is 32.1 Å². The van der Waals surface area contributed by atoms with Crippen LogP contribution in [0.5, 0.6) is 0 Å². The molecule has 0 aliphatic carbocycles. The molecule has 1 fully saturated rings. The second-order valence-electron chi connectivity index (χ2n) is 4.53. The van der Waals surface area contributed by atoms with E-state index in [-0.39, 0.29) is 12.3 Å². The summed E-state index contributed by atoms with van der Waals surface area (Å²) < 4.78 is 0. The molecular formula is C12H16N2O3S. The number of rotatable bonds is 3. The first-order valence-corrected chi connectivity index (χ1v) is 6.86. The summed E-state index contributed by atoms with van der Waals surface area (Å²) >= 11 is 1.53. The number of amides is 1. The molecule has 0 aromatic carbocycles. The van der Waals surface area contributed by atoms with Crippen molar-refractivity contribution in [1.29, 1.82) is 0 Å². The fraction of sp³-hybridized carbons (Fsp3) is 0.583. The third-order valence-corrected chi connectivity index (χ3v) is 4.25. The molecule has 1 aliphatic rings. The summed E-state index contributed by atoms with van der Waals surface area (Å²) in [7, 11) is 0. The fourth-order valence-corrected chi connectivity index (χ4v) is 3.18. The summed E-state index contributed by atoms with van der Waals surface area (Å²) in [5.74, 6) is -0.356. The highest BCUT2D eigenvalue weighted by Crippen LogP contribution is 2.30. The second kappa shape index (κ2) is 5.48. The third-order valence-electron chi connectivity index (χ3n) is 3.19. The molecule has 0 atom stereocenters. The Morgan fingerprint density at radius 3 is 2.72 bits per heavy atom. The number of nitrogens with zero attached hydrogens (tertiary/aromatic N) is 2. The molecule has 18 heavy (non-hydrogen) atoms. The molecule has 98 valence electrons. The number of likely N-dealkylation sites (tertiary alicyclic amines) is 1. The van der Waals surface area contributed by atoms with Crippen molar-refractivity contribution in [3.05, 3.63) is 16.1 Å². The van der Waals surface area contributed by atoms with Gasteiger partial charge in [0.05, 0.1) is 17.1 Å². The van der Waals surface area contributed by atoms with E-state index in [4.69, 9.17) is 5.11 Å². The molecule has 0 unspecified atom stereocenters. The quantitative estimate of drug-likeness (QED) is 0.901. The van der Waals surface area contributed by atoms with Crippen molar-refractivity contribution in [3.63, 3.8) is 0 Å². The largest absolute Gasteiger partial charge is 0.481 e. The zero-order valence-electron chi connectivity index (χ0n) is 10.3. The summed E-state index contributed by atoms with van der Waals surface area (Å²) in [6, 6.07) is 0. The van der Waals surface area contributed by atoms with Crippen LogP contribution in [-0.4, -0.2) is 40.0 Å². The lowest BCUT2D eigenvalue weighted by atomic mass is 9.97. The molecule has 2 rings (SSSR count). The molecule has 1 N–H and O–H groups in total. The van der Waals surface area contributed by atoms with Crippen LogP contribution in [0.1, 0.15) is 36.4 Å². The van der Waals surface area contributed by atoms with E-state index in [9.17, 15) is 9.59 Å². The topological polar surface area (TPSA) is 70.5 Å². The number of piperidine rings is 1. The Morgan fingerprint density at radius 2 is 2.17 bits per heavy atom. The Bertz CT molecular complexity index is 450. The van der Waals surface area contributed by atoms with E-state index in [1.165, 1.54) is 11.3 Å². The Morgan fingerprint density at radius 1 is 1.50 bits per heavy atom. The van der Waals surface area contributed by atoms with Gasteiger partial charge in [0.2, 0.25) is 5.91 Å². The third kappa shape index (κ3) is 3.07. The molecule has 0 bridgehead atoms. The van der Waals surface area contributed by atoms with Crippen LogP contribution in [0.3, 0.4) is 0 Å². The monoisotopic (exact) mass is 268 g/mol. The van der Waals surface area contributed by atoms with Crippen LogP contribution < -0.4 is 0 Å². The van der Waals surface area contributed by atoms with Crippen molar-refractivity contribution >= 4 is 23.2 Å². The van der Waals surface area contributed by atoms with Crippen LogP contribution in [0.15, 0.2) is 5.38 Å². The number of hydrogen-bond donors (Lipinski definition) is 1. The van der Waals surface area contributed by atoms with Gasteiger partial charge in [-0.2, -0.15) is 0 Å². The Hall–Kier alpha value is -1.43. The van der Waals surface area contributed by atoms with Gasteiger partial charge in [-0.3, -0.25) is 9.59 Å². The number of carbonyl (C=O) groups excluding carboxylic acids is 1. The molecule has 0 spiro atoms. The maximum Gasteiger partial charge on any atom is 0.309 e. The van der Waals surface area contributed by atoms with Crippen LogP contribution in [0.4, 0.5) is 0 Å². The van der Waals surface area contributed by atoms with Crippen molar-refractivity contribution in [3.8, 4) is 0 Å². The number of carboxylic acids is 1. The van der Waals surface area contributed by atoms with Crippen molar-refractivity contribution < 1.29 is 14.7 Å². The normalized spacial score (nSPS) is 16.8. The predicted octanol–water partition coefficient (Wildman–Crippen LogP) is 1.50. The number of carboxylic acid groups (broad SMARTS) is 1. The SMILES string of the molecule is CC(=O)N1CCC(c2nc(CC(=O)O)cs2)CC1. The number of carbonyl (C=O) groups is 2. The van der Waals surface area contributed by atoms with E-state index in [2.05, 4.69) is 4.98 Å². The molecule has 2 heterocycles. The molecule has 0 saturated carbocycles. The average molecular weight is 268 g/mol. The standard InChI is InChI=1S/C12H16N2O3S/c1-8(15)14-4-2-9(3-5-14)12-13-10(7-18-12)6-11(16)17/h7,9H,2-6H2,1H3,(H,16,17). The Labute approximate surface area is 109 Å². The average Bonchev–Trinajstić information content (AvgIpc) is 2.76. The summed E-state index contributed by atoms with van der Waals surface area (Å²) in [6.07, 6.45) is 1.82. The van der Waals surface area contributed by atoms with Gasteiger partial charge in [-0.1, -0.05) is 0 Å². The van der Waals surface area contributed by atoms with Crippen molar-refractivity contribution in [2.75, 3.05) is 13.1 Å². The predicted molar refractivity (Wildman–Crippen MR) is 67.7 cm³/mol.